The number of para-hydroxylation sites is 1. The summed E-state index contributed by atoms with van der Waals surface area (Å²) in [6, 6.07) is 18.8. The van der Waals surface area contributed by atoms with Crippen molar-refractivity contribution in [3.8, 4) is 0 Å². The van der Waals surface area contributed by atoms with E-state index in [1.807, 2.05) is 6.92 Å². The highest BCUT2D eigenvalue weighted by molar-refractivity contribution is 6.37. The molecule has 6 nitrogen and oxygen atoms in total. The number of imide groups is 1. The molecular weight excluding hydrogens is 404 g/mol. The molecule has 0 fully saturated rings. The van der Waals surface area contributed by atoms with Gasteiger partial charge in [-0.25, -0.2) is 4.90 Å². The van der Waals surface area contributed by atoms with Crippen LogP contribution in [0.4, 0.5) is 11.4 Å². The zero-order valence-corrected chi connectivity index (χ0v) is 17.4. The van der Waals surface area contributed by atoms with E-state index in [0.717, 1.165) is 4.90 Å². The van der Waals surface area contributed by atoms with Crippen molar-refractivity contribution in [1.29, 1.82) is 0 Å². The third kappa shape index (κ3) is 3.12. The third-order valence-corrected chi connectivity index (χ3v) is 5.95. The van der Waals surface area contributed by atoms with E-state index in [0.29, 0.717) is 35.2 Å². The van der Waals surface area contributed by atoms with Gasteiger partial charge in [-0.05, 0) is 48.2 Å². The number of ketones is 1. The molecular formula is C26H20N2O4. The Kier molecular flexibility index (Phi) is 4.70. The summed E-state index contributed by atoms with van der Waals surface area (Å²) in [4.78, 5) is 53.7. The fourth-order valence-electron chi connectivity index (χ4n) is 4.50. The van der Waals surface area contributed by atoms with Crippen molar-refractivity contribution in [3.05, 3.63) is 94.5 Å². The molecule has 1 heterocycles. The number of hydrogen-bond donors (Lipinski definition) is 1. The van der Waals surface area contributed by atoms with Crippen molar-refractivity contribution in [2.24, 2.45) is 5.92 Å². The van der Waals surface area contributed by atoms with Crippen LogP contribution in [-0.2, 0) is 6.42 Å². The Morgan fingerprint density at radius 2 is 1.50 bits per heavy atom. The zero-order chi connectivity index (χ0) is 22.4. The minimum absolute atomic E-state index is 0.0672. The molecule has 3 aromatic carbocycles. The lowest BCUT2D eigenvalue weighted by Gasteiger charge is -2.23. The SMILES string of the molecule is CC1CC(=O)c2cc(NC(=O)c3ccccc3)c3c(c2C1)C(=O)N(c1ccccc1)C3=O. The summed E-state index contributed by atoms with van der Waals surface area (Å²) in [6.45, 7) is 1.95. The van der Waals surface area contributed by atoms with Gasteiger partial charge >= 0.3 is 0 Å². The van der Waals surface area contributed by atoms with Crippen LogP contribution in [0.2, 0.25) is 0 Å². The third-order valence-electron chi connectivity index (χ3n) is 5.95. The quantitative estimate of drug-likeness (QED) is 0.628. The van der Waals surface area contributed by atoms with Gasteiger partial charge in [0.05, 0.1) is 22.5 Å². The summed E-state index contributed by atoms with van der Waals surface area (Å²) in [5.74, 6) is -1.41. The average Bonchev–Trinajstić information content (AvgIpc) is 3.06. The van der Waals surface area contributed by atoms with E-state index in [4.69, 9.17) is 0 Å². The fourth-order valence-corrected chi connectivity index (χ4v) is 4.50. The lowest BCUT2D eigenvalue weighted by Crippen LogP contribution is -2.30. The Morgan fingerprint density at radius 3 is 2.19 bits per heavy atom. The van der Waals surface area contributed by atoms with Crippen LogP contribution in [0, 0.1) is 5.92 Å². The molecule has 5 rings (SSSR count). The number of nitrogens with one attached hydrogen (secondary N) is 1. The molecule has 0 saturated carbocycles. The predicted molar refractivity (Wildman–Crippen MR) is 120 cm³/mol. The molecule has 1 N–H and O–H groups in total. The largest absolute Gasteiger partial charge is 0.321 e. The first kappa shape index (κ1) is 19.9. The van der Waals surface area contributed by atoms with Gasteiger partial charge in [-0.3, -0.25) is 19.2 Å². The Balaban J connectivity index is 1.68. The van der Waals surface area contributed by atoms with Crippen LogP contribution in [0.5, 0.6) is 0 Å². The number of benzene rings is 3. The number of amides is 3. The Labute approximate surface area is 184 Å². The highest BCUT2D eigenvalue weighted by Crippen LogP contribution is 2.40. The first-order valence-electron chi connectivity index (χ1n) is 10.5. The first-order chi connectivity index (χ1) is 15.5. The maximum absolute atomic E-state index is 13.5. The van der Waals surface area contributed by atoms with Crippen molar-refractivity contribution >= 4 is 34.9 Å². The number of rotatable bonds is 3. The van der Waals surface area contributed by atoms with Crippen LogP contribution in [0.25, 0.3) is 0 Å². The Bertz CT molecular complexity index is 1280. The minimum Gasteiger partial charge on any atom is -0.321 e. The lowest BCUT2D eigenvalue weighted by molar-refractivity contribution is 0.0925. The smallest absolute Gasteiger partial charge is 0.268 e. The summed E-state index contributed by atoms with van der Waals surface area (Å²) in [7, 11) is 0. The van der Waals surface area contributed by atoms with Gasteiger partial charge in [0.15, 0.2) is 5.78 Å². The fraction of sp³-hybridized carbons (Fsp3) is 0.154. The van der Waals surface area contributed by atoms with E-state index in [-0.39, 0.29) is 28.5 Å². The van der Waals surface area contributed by atoms with Gasteiger partial charge < -0.3 is 5.32 Å². The van der Waals surface area contributed by atoms with Gasteiger partial charge in [-0.1, -0.05) is 43.3 Å². The van der Waals surface area contributed by atoms with Crippen LogP contribution in [0.3, 0.4) is 0 Å². The molecule has 3 amide bonds. The second-order valence-corrected chi connectivity index (χ2v) is 8.24. The molecule has 0 bridgehead atoms. The minimum atomic E-state index is -0.506. The maximum atomic E-state index is 13.5. The van der Waals surface area contributed by atoms with E-state index in [9.17, 15) is 19.2 Å². The number of nitrogens with zero attached hydrogens (tertiary/aromatic N) is 1. The van der Waals surface area contributed by atoms with Crippen LogP contribution >= 0.6 is 0 Å². The number of carbonyl (C=O) groups is 4. The van der Waals surface area contributed by atoms with Gasteiger partial charge in [0.1, 0.15) is 0 Å². The zero-order valence-electron chi connectivity index (χ0n) is 17.4. The molecule has 1 atom stereocenters. The molecule has 0 aromatic heterocycles. The second-order valence-electron chi connectivity index (χ2n) is 8.24. The molecule has 0 saturated heterocycles. The number of anilines is 2. The number of carbonyl (C=O) groups excluding carboxylic acids is 4. The van der Waals surface area contributed by atoms with Gasteiger partial charge in [0.2, 0.25) is 0 Å². The van der Waals surface area contributed by atoms with Crippen LogP contribution in [-0.4, -0.2) is 23.5 Å². The van der Waals surface area contributed by atoms with Crippen LogP contribution < -0.4 is 10.2 Å². The Hall–Kier alpha value is -4.06. The standard InChI is InChI=1S/C26H20N2O4/c1-15-12-19-18(21(29)13-15)14-20(27-24(30)16-8-4-2-5-9-16)23-22(19)25(31)28(26(23)32)17-10-6-3-7-11-17/h2-11,14-15H,12-13H2,1H3,(H,27,30). The summed E-state index contributed by atoms with van der Waals surface area (Å²) in [5.41, 5.74) is 2.41. The van der Waals surface area contributed by atoms with Crippen molar-refractivity contribution in [3.63, 3.8) is 0 Å². The number of Topliss-reactive ketones (excluding diaryl/α,β-unsaturated/α-hetero) is 1. The molecule has 0 spiro atoms. The van der Waals surface area contributed by atoms with Gasteiger partial charge in [-0.15, -0.1) is 0 Å². The average molecular weight is 424 g/mol. The predicted octanol–water partition coefficient (Wildman–Crippen LogP) is 4.50. The molecule has 0 radical (unpaired) electrons. The monoisotopic (exact) mass is 424 g/mol. The van der Waals surface area contributed by atoms with Crippen molar-refractivity contribution < 1.29 is 19.2 Å². The molecule has 6 heteroatoms. The van der Waals surface area contributed by atoms with E-state index in [1.54, 1.807) is 66.7 Å². The van der Waals surface area contributed by atoms with E-state index in [2.05, 4.69) is 5.32 Å². The van der Waals surface area contributed by atoms with Crippen molar-refractivity contribution in [2.45, 2.75) is 19.8 Å². The molecule has 1 unspecified atom stereocenters. The van der Waals surface area contributed by atoms with E-state index < -0.39 is 17.7 Å². The lowest BCUT2D eigenvalue weighted by atomic mass is 9.80. The summed E-state index contributed by atoms with van der Waals surface area (Å²) in [6.07, 6.45) is 0.889. The van der Waals surface area contributed by atoms with Crippen LogP contribution in [0.15, 0.2) is 66.7 Å². The summed E-state index contributed by atoms with van der Waals surface area (Å²) in [5, 5.41) is 2.77. The molecule has 3 aromatic rings. The van der Waals surface area contributed by atoms with E-state index >= 15 is 0 Å². The topological polar surface area (TPSA) is 83.6 Å². The molecule has 2 aliphatic rings. The van der Waals surface area contributed by atoms with Crippen LogP contribution in [0.1, 0.15) is 60.3 Å². The summed E-state index contributed by atoms with van der Waals surface area (Å²) < 4.78 is 0. The Morgan fingerprint density at radius 1 is 0.875 bits per heavy atom. The number of hydrogen-bond acceptors (Lipinski definition) is 4. The molecule has 1 aliphatic carbocycles. The van der Waals surface area contributed by atoms with E-state index in [1.165, 1.54) is 0 Å². The molecule has 32 heavy (non-hydrogen) atoms. The van der Waals surface area contributed by atoms with Crippen molar-refractivity contribution in [2.75, 3.05) is 10.2 Å². The molecule has 1 aliphatic heterocycles. The maximum Gasteiger partial charge on any atom is 0.268 e. The highest BCUT2D eigenvalue weighted by Gasteiger charge is 2.43. The first-order valence-corrected chi connectivity index (χ1v) is 10.5. The van der Waals surface area contributed by atoms with Gasteiger partial charge in [0.25, 0.3) is 17.7 Å². The normalized spacial score (nSPS) is 17.2. The highest BCUT2D eigenvalue weighted by atomic mass is 16.2. The number of fused-ring (bicyclic) bond motifs is 3. The van der Waals surface area contributed by atoms with Gasteiger partial charge in [-0.2, -0.15) is 0 Å². The van der Waals surface area contributed by atoms with Gasteiger partial charge in [0, 0.05) is 17.5 Å². The molecule has 158 valence electrons. The van der Waals surface area contributed by atoms with Crippen molar-refractivity contribution in [1.82, 2.24) is 0 Å². The summed E-state index contributed by atoms with van der Waals surface area (Å²) >= 11 is 0. The second kappa shape index (κ2) is 7.57.